The smallest absolute Gasteiger partial charge is 0.250 e. The molecule has 3 aromatic rings. The molecule has 1 unspecified atom stereocenters. The average molecular weight is 320 g/mol. The van der Waals surface area contributed by atoms with Gasteiger partial charge in [-0.05, 0) is 49.1 Å². The zero-order valence-electron chi connectivity index (χ0n) is 13.4. The summed E-state index contributed by atoms with van der Waals surface area (Å²) in [5.74, 6) is 0.135. The maximum Gasteiger partial charge on any atom is 0.250 e. The first-order chi connectivity index (χ1) is 11.7. The third kappa shape index (κ3) is 2.57. The molecule has 5 heteroatoms. The largest absolute Gasteiger partial charge is 0.366 e. The molecule has 1 amide bonds. The predicted molar refractivity (Wildman–Crippen MR) is 94.4 cm³/mol. The summed E-state index contributed by atoms with van der Waals surface area (Å²) in [5.41, 5.74) is 9.05. The van der Waals surface area contributed by atoms with Crippen molar-refractivity contribution in [3.05, 3.63) is 59.8 Å². The van der Waals surface area contributed by atoms with Gasteiger partial charge in [0.2, 0.25) is 0 Å². The first-order valence-electron chi connectivity index (χ1n) is 8.31. The van der Waals surface area contributed by atoms with E-state index >= 15 is 0 Å². The fraction of sp³-hybridized carbons (Fsp3) is 0.263. The van der Waals surface area contributed by atoms with E-state index in [1.807, 2.05) is 12.1 Å². The summed E-state index contributed by atoms with van der Waals surface area (Å²) in [6, 6.07) is 14.0. The van der Waals surface area contributed by atoms with E-state index in [9.17, 15) is 4.79 Å². The number of benzene rings is 2. The number of nitrogens with two attached hydrogens (primary N) is 1. The summed E-state index contributed by atoms with van der Waals surface area (Å²) in [4.78, 5) is 11.7. The number of carbonyl (C=O) groups excluding carboxylic acids is 1. The topological polar surface area (TPSA) is 72.9 Å². The molecule has 0 saturated carbocycles. The van der Waals surface area contributed by atoms with Gasteiger partial charge in [-0.15, -0.1) is 0 Å². The number of fused-ring (bicyclic) bond motifs is 1. The van der Waals surface area contributed by atoms with Gasteiger partial charge in [0.1, 0.15) is 0 Å². The van der Waals surface area contributed by atoms with E-state index < -0.39 is 5.91 Å². The molecule has 0 aliphatic carbocycles. The highest BCUT2D eigenvalue weighted by atomic mass is 16.1. The van der Waals surface area contributed by atoms with E-state index in [0.29, 0.717) is 11.5 Å². The lowest BCUT2D eigenvalue weighted by molar-refractivity contribution is 0.100. The Hall–Kier alpha value is -2.66. The van der Waals surface area contributed by atoms with Crippen molar-refractivity contribution in [2.45, 2.75) is 18.8 Å². The second-order valence-corrected chi connectivity index (χ2v) is 6.30. The van der Waals surface area contributed by atoms with E-state index in [1.54, 1.807) is 16.9 Å². The van der Waals surface area contributed by atoms with Crippen molar-refractivity contribution >= 4 is 16.8 Å². The minimum absolute atomic E-state index is 0.438. The summed E-state index contributed by atoms with van der Waals surface area (Å²) in [6.45, 7) is 2.15. The van der Waals surface area contributed by atoms with Crippen molar-refractivity contribution < 1.29 is 4.79 Å². The number of primary amides is 1. The molecule has 0 radical (unpaired) electrons. The lowest BCUT2D eigenvalue weighted by Crippen LogP contribution is -2.28. The number of aromatic nitrogens is 2. The minimum atomic E-state index is -0.438. The summed E-state index contributed by atoms with van der Waals surface area (Å²) in [5, 5.41) is 8.81. The third-order valence-corrected chi connectivity index (χ3v) is 4.76. The molecule has 24 heavy (non-hydrogen) atoms. The molecule has 0 spiro atoms. The number of hydrogen-bond acceptors (Lipinski definition) is 3. The van der Waals surface area contributed by atoms with Crippen LogP contribution in [0.1, 0.15) is 34.7 Å². The Morgan fingerprint density at radius 2 is 2.04 bits per heavy atom. The Morgan fingerprint density at radius 1 is 1.21 bits per heavy atom. The van der Waals surface area contributed by atoms with Gasteiger partial charge in [-0.2, -0.15) is 5.10 Å². The van der Waals surface area contributed by atoms with Crippen molar-refractivity contribution in [2.75, 3.05) is 13.1 Å². The van der Waals surface area contributed by atoms with Crippen LogP contribution < -0.4 is 11.1 Å². The number of para-hydroxylation sites is 1. The van der Waals surface area contributed by atoms with Crippen LogP contribution in [-0.2, 0) is 0 Å². The number of amides is 1. The zero-order chi connectivity index (χ0) is 16.5. The summed E-state index contributed by atoms with van der Waals surface area (Å²) < 4.78 is 1.79. The Balaban J connectivity index is 1.74. The van der Waals surface area contributed by atoms with Crippen molar-refractivity contribution in [1.82, 2.24) is 15.1 Å². The van der Waals surface area contributed by atoms with Crippen molar-refractivity contribution in [2.24, 2.45) is 5.73 Å². The highest BCUT2D eigenvalue weighted by Gasteiger charge is 2.16. The van der Waals surface area contributed by atoms with Gasteiger partial charge in [0.15, 0.2) is 0 Å². The molecule has 1 aliphatic heterocycles. The van der Waals surface area contributed by atoms with E-state index in [2.05, 4.69) is 34.7 Å². The summed E-state index contributed by atoms with van der Waals surface area (Å²) >= 11 is 0. The molecule has 2 heterocycles. The number of nitrogens with one attached hydrogen (secondary N) is 1. The van der Waals surface area contributed by atoms with Gasteiger partial charge in [0.05, 0.1) is 23.0 Å². The quantitative estimate of drug-likeness (QED) is 0.779. The standard InChI is InChI=1S/C19H20N4O/c20-19(24)17-5-1-3-15-12-22-23(18(15)17)16-8-6-13(7-9-16)14-4-2-10-21-11-14/h1,3,5-9,12,14,21H,2,4,10-11H2,(H2,20,24). The normalized spacial score (nSPS) is 17.9. The Labute approximate surface area is 140 Å². The van der Waals surface area contributed by atoms with Gasteiger partial charge >= 0.3 is 0 Å². The van der Waals surface area contributed by atoms with Crippen LogP contribution >= 0.6 is 0 Å². The second kappa shape index (κ2) is 6.09. The van der Waals surface area contributed by atoms with Crippen molar-refractivity contribution in [3.63, 3.8) is 0 Å². The molecule has 1 aromatic heterocycles. The van der Waals surface area contributed by atoms with Gasteiger partial charge in [-0.25, -0.2) is 4.68 Å². The molecule has 2 aromatic carbocycles. The fourth-order valence-electron chi connectivity index (χ4n) is 3.50. The van der Waals surface area contributed by atoms with Crippen LogP contribution in [0.2, 0.25) is 0 Å². The molecule has 5 nitrogen and oxygen atoms in total. The number of piperidine rings is 1. The number of nitrogens with zero attached hydrogens (tertiary/aromatic N) is 2. The van der Waals surface area contributed by atoms with E-state index in [-0.39, 0.29) is 0 Å². The van der Waals surface area contributed by atoms with Crippen LogP contribution in [0.5, 0.6) is 0 Å². The molecule has 1 atom stereocenters. The zero-order valence-corrected chi connectivity index (χ0v) is 13.4. The number of hydrogen-bond donors (Lipinski definition) is 2. The van der Waals surface area contributed by atoms with Crippen LogP contribution in [0, 0.1) is 0 Å². The van der Waals surface area contributed by atoms with E-state index in [1.165, 1.54) is 18.4 Å². The van der Waals surface area contributed by atoms with Crippen LogP contribution in [0.3, 0.4) is 0 Å². The van der Waals surface area contributed by atoms with Gasteiger partial charge in [0.25, 0.3) is 5.91 Å². The first kappa shape index (κ1) is 14.9. The lowest BCUT2D eigenvalue weighted by Gasteiger charge is -2.23. The Kier molecular flexibility index (Phi) is 3.78. The molecule has 4 rings (SSSR count). The molecule has 1 aliphatic rings. The van der Waals surface area contributed by atoms with Crippen molar-refractivity contribution in [1.29, 1.82) is 0 Å². The van der Waals surface area contributed by atoms with Gasteiger partial charge < -0.3 is 11.1 Å². The monoisotopic (exact) mass is 320 g/mol. The number of rotatable bonds is 3. The van der Waals surface area contributed by atoms with Gasteiger partial charge in [0, 0.05) is 11.9 Å². The van der Waals surface area contributed by atoms with Crippen LogP contribution in [-0.4, -0.2) is 28.8 Å². The summed E-state index contributed by atoms with van der Waals surface area (Å²) in [6.07, 6.45) is 4.21. The molecule has 1 fully saturated rings. The van der Waals surface area contributed by atoms with E-state index in [0.717, 1.165) is 29.7 Å². The van der Waals surface area contributed by atoms with Crippen molar-refractivity contribution in [3.8, 4) is 5.69 Å². The molecule has 3 N–H and O–H groups in total. The predicted octanol–water partition coefficient (Wildman–Crippen LogP) is 2.59. The maximum atomic E-state index is 11.7. The highest BCUT2D eigenvalue weighted by Crippen LogP contribution is 2.26. The van der Waals surface area contributed by atoms with Crippen LogP contribution in [0.25, 0.3) is 16.6 Å². The molecule has 122 valence electrons. The van der Waals surface area contributed by atoms with Gasteiger partial charge in [-0.3, -0.25) is 4.79 Å². The second-order valence-electron chi connectivity index (χ2n) is 6.30. The summed E-state index contributed by atoms with van der Waals surface area (Å²) in [7, 11) is 0. The first-order valence-corrected chi connectivity index (χ1v) is 8.31. The van der Waals surface area contributed by atoms with Crippen LogP contribution in [0.15, 0.2) is 48.7 Å². The molecular weight excluding hydrogens is 300 g/mol. The maximum absolute atomic E-state index is 11.7. The van der Waals surface area contributed by atoms with Crippen LogP contribution in [0.4, 0.5) is 0 Å². The molecule has 0 bridgehead atoms. The van der Waals surface area contributed by atoms with E-state index in [4.69, 9.17) is 5.73 Å². The average Bonchev–Trinajstić information content (AvgIpc) is 3.06. The SMILES string of the molecule is NC(=O)c1cccc2cnn(-c3ccc(C4CCCNC4)cc3)c12. The number of carbonyl (C=O) groups is 1. The third-order valence-electron chi connectivity index (χ3n) is 4.76. The Bertz CT molecular complexity index is 876. The Morgan fingerprint density at radius 3 is 2.75 bits per heavy atom. The lowest BCUT2D eigenvalue weighted by atomic mass is 9.91. The molecule has 1 saturated heterocycles. The fourth-order valence-corrected chi connectivity index (χ4v) is 3.50. The highest BCUT2D eigenvalue weighted by molar-refractivity contribution is 6.05. The molecular formula is C19H20N4O. The van der Waals surface area contributed by atoms with Gasteiger partial charge in [-0.1, -0.05) is 24.3 Å². The minimum Gasteiger partial charge on any atom is -0.366 e.